The summed E-state index contributed by atoms with van der Waals surface area (Å²) in [6, 6.07) is 0. The number of hydrogen-bond acceptors (Lipinski definition) is 5. The molecule has 0 N–H and O–H groups in total. The van der Waals surface area contributed by atoms with Gasteiger partial charge in [-0.2, -0.15) is 13.2 Å². The van der Waals surface area contributed by atoms with Crippen LogP contribution in [-0.2, 0) is 23.9 Å². The molecule has 0 rings (SSSR count). The topological polar surface area (TPSA) is 72.9 Å². The number of methoxy groups -OCH3 is 2. The van der Waals surface area contributed by atoms with Crippen molar-refractivity contribution in [2.45, 2.75) is 6.18 Å². The van der Waals surface area contributed by atoms with E-state index in [1.807, 2.05) is 0 Å². The number of carbonyl (C=O) groups excluding carboxylic acids is 3. The van der Waals surface area contributed by atoms with Gasteiger partial charge in [-0.05, 0) is 0 Å². The maximum atomic E-state index is 12.1. The van der Waals surface area contributed by atoms with Crippen molar-refractivity contribution in [3.8, 4) is 0 Å². The second-order valence-corrected chi connectivity index (χ2v) is 2.81. The molecular weight excluding hydrogens is 247 g/mol. The van der Waals surface area contributed by atoms with E-state index in [1.54, 1.807) is 0 Å². The maximum absolute atomic E-state index is 12.1. The Hall–Kier alpha value is -1.80. The molecule has 9 heteroatoms. The minimum absolute atomic E-state index is 0.00231. The van der Waals surface area contributed by atoms with Crippen LogP contribution in [0.4, 0.5) is 13.2 Å². The molecule has 0 saturated heterocycles. The molecule has 17 heavy (non-hydrogen) atoms. The number of halogens is 3. The summed E-state index contributed by atoms with van der Waals surface area (Å²) >= 11 is 0. The molecule has 0 aliphatic heterocycles. The van der Waals surface area contributed by atoms with E-state index in [-0.39, 0.29) is 4.90 Å². The van der Waals surface area contributed by atoms with Crippen molar-refractivity contribution < 1.29 is 37.0 Å². The van der Waals surface area contributed by atoms with Gasteiger partial charge in [0.2, 0.25) is 0 Å². The molecule has 98 valence electrons. The summed E-state index contributed by atoms with van der Waals surface area (Å²) in [6.07, 6.45) is -5.18. The van der Waals surface area contributed by atoms with Gasteiger partial charge in [-0.1, -0.05) is 0 Å². The number of alkyl halides is 3. The Kier molecular flexibility index (Phi) is 5.42. The van der Waals surface area contributed by atoms with E-state index >= 15 is 0 Å². The fourth-order valence-electron chi connectivity index (χ4n) is 0.820. The molecule has 0 atom stereocenters. The van der Waals surface area contributed by atoms with Crippen LogP contribution >= 0.6 is 0 Å². The number of hydrogen-bond donors (Lipinski definition) is 0. The number of esters is 2. The molecule has 0 heterocycles. The van der Waals surface area contributed by atoms with E-state index in [9.17, 15) is 27.6 Å². The molecule has 0 spiro atoms. The fourth-order valence-corrected chi connectivity index (χ4v) is 0.820. The van der Waals surface area contributed by atoms with E-state index in [1.165, 1.54) is 0 Å². The molecule has 1 amide bonds. The second kappa shape index (κ2) is 6.06. The first kappa shape index (κ1) is 15.2. The maximum Gasteiger partial charge on any atom is 0.471 e. The van der Waals surface area contributed by atoms with E-state index in [2.05, 4.69) is 9.47 Å². The van der Waals surface area contributed by atoms with Gasteiger partial charge in [0.15, 0.2) is 0 Å². The summed E-state index contributed by atoms with van der Waals surface area (Å²) in [6.45, 7) is -1.96. The monoisotopic (exact) mass is 257 g/mol. The van der Waals surface area contributed by atoms with Crippen molar-refractivity contribution in [1.29, 1.82) is 0 Å². The molecule has 0 aromatic rings. The average Bonchev–Trinajstić information content (AvgIpc) is 2.25. The van der Waals surface area contributed by atoms with Gasteiger partial charge in [-0.25, -0.2) is 0 Å². The van der Waals surface area contributed by atoms with Crippen molar-refractivity contribution >= 4 is 17.8 Å². The van der Waals surface area contributed by atoms with Gasteiger partial charge in [-0.3, -0.25) is 14.4 Å². The summed E-state index contributed by atoms with van der Waals surface area (Å²) in [7, 11) is 1.88. The number of amides is 1. The summed E-state index contributed by atoms with van der Waals surface area (Å²) in [5.41, 5.74) is 0. The zero-order valence-corrected chi connectivity index (χ0v) is 9.04. The lowest BCUT2D eigenvalue weighted by atomic mass is 10.4. The van der Waals surface area contributed by atoms with Crippen molar-refractivity contribution in [3.63, 3.8) is 0 Å². The van der Waals surface area contributed by atoms with Crippen molar-refractivity contribution in [1.82, 2.24) is 4.90 Å². The smallest absolute Gasteiger partial charge is 0.468 e. The summed E-state index contributed by atoms with van der Waals surface area (Å²) in [5.74, 6) is -4.47. The quantitative estimate of drug-likeness (QED) is 0.648. The number of ether oxygens (including phenoxy) is 2. The van der Waals surface area contributed by atoms with Crippen LogP contribution in [-0.4, -0.2) is 56.2 Å². The van der Waals surface area contributed by atoms with E-state index < -0.39 is 37.1 Å². The lowest BCUT2D eigenvalue weighted by Gasteiger charge is -2.20. The molecule has 0 radical (unpaired) electrons. The summed E-state index contributed by atoms with van der Waals surface area (Å²) in [4.78, 5) is 32.4. The third-order valence-corrected chi connectivity index (χ3v) is 1.62. The van der Waals surface area contributed by atoms with Crippen LogP contribution < -0.4 is 0 Å². The summed E-state index contributed by atoms with van der Waals surface area (Å²) < 4.78 is 44.6. The largest absolute Gasteiger partial charge is 0.471 e. The highest BCUT2D eigenvalue weighted by atomic mass is 19.4. The van der Waals surface area contributed by atoms with Crippen LogP contribution in [0.25, 0.3) is 0 Å². The summed E-state index contributed by atoms with van der Waals surface area (Å²) in [5, 5.41) is 0. The second-order valence-electron chi connectivity index (χ2n) is 2.81. The van der Waals surface area contributed by atoms with Crippen molar-refractivity contribution in [2.75, 3.05) is 27.3 Å². The third kappa shape index (κ3) is 5.18. The Balaban J connectivity index is 4.79. The van der Waals surface area contributed by atoms with Crippen LogP contribution in [0.1, 0.15) is 0 Å². The van der Waals surface area contributed by atoms with Crippen molar-refractivity contribution in [3.05, 3.63) is 0 Å². The van der Waals surface area contributed by atoms with E-state index in [0.29, 0.717) is 0 Å². The molecule has 0 fully saturated rings. The molecule has 0 aromatic carbocycles. The molecule has 0 unspecified atom stereocenters. The normalized spacial score (nSPS) is 10.6. The SMILES string of the molecule is COC(=O)CN(CC(=O)OC)C(=O)C(F)(F)F. The molecule has 0 aliphatic rings. The zero-order chi connectivity index (χ0) is 13.6. The first-order chi connectivity index (χ1) is 7.72. The Morgan fingerprint density at radius 1 is 1.00 bits per heavy atom. The fraction of sp³-hybridized carbons (Fsp3) is 0.625. The van der Waals surface area contributed by atoms with Gasteiger partial charge >= 0.3 is 24.0 Å². The molecule has 0 bridgehead atoms. The predicted molar refractivity (Wildman–Crippen MR) is 46.7 cm³/mol. The van der Waals surface area contributed by atoms with Crippen LogP contribution in [0.3, 0.4) is 0 Å². The lowest BCUT2D eigenvalue weighted by Crippen LogP contribution is -2.46. The van der Waals surface area contributed by atoms with Crippen LogP contribution in [0.2, 0.25) is 0 Å². The van der Waals surface area contributed by atoms with E-state index in [0.717, 1.165) is 14.2 Å². The Bertz CT molecular complexity index is 297. The minimum atomic E-state index is -5.18. The Labute approximate surface area is 94.3 Å². The Morgan fingerprint density at radius 2 is 1.35 bits per heavy atom. The van der Waals surface area contributed by atoms with Crippen molar-refractivity contribution in [2.24, 2.45) is 0 Å². The van der Waals surface area contributed by atoms with Gasteiger partial charge in [-0.15, -0.1) is 0 Å². The van der Waals surface area contributed by atoms with Gasteiger partial charge in [0.05, 0.1) is 14.2 Å². The third-order valence-electron chi connectivity index (χ3n) is 1.62. The highest BCUT2D eigenvalue weighted by Crippen LogP contribution is 2.18. The highest BCUT2D eigenvalue weighted by Gasteiger charge is 2.43. The van der Waals surface area contributed by atoms with Gasteiger partial charge < -0.3 is 14.4 Å². The van der Waals surface area contributed by atoms with Gasteiger partial charge in [0.1, 0.15) is 13.1 Å². The molecule has 0 aliphatic carbocycles. The average molecular weight is 257 g/mol. The highest BCUT2D eigenvalue weighted by molar-refractivity contribution is 5.89. The lowest BCUT2D eigenvalue weighted by molar-refractivity contribution is -0.188. The Morgan fingerprint density at radius 3 is 1.59 bits per heavy atom. The van der Waals surface area contributed by atoms with Crippen LogP contribution in [0.5, 0.6) is 0 Å². The van der Waals surface area contributed by atoms with E-state index in [4.69, 9.17) is 0 Å². The number of rotatable bonds is 4. The van der Waals surface area contributed by atoms with Gasteiger partial charge in [0, 0.05) is 0 Å². The first-order valence-corrected chi connectivity index (χ1v) is 4.22. The number of nitrogens with zero attached hydrogens (tertiary/aromatic N) is 1. The first-order valence-electron chi connectivity index (χ1n) is 4.22. The van der Waals surface area contributed by atoms with Gasteiger partial charge in [0.25, 0.3) is 0 Å². The molecular formula is C8H10F3NO5. The van der Waals surface area contributed by atoms with Crippen LogP contribution in [0, 0.1) is 0 Å². The molecule has 0 saturated carbocycles. The van der Waals surface area contributed by atoms with Crippen LogP contribution in [0.15, 0.2) is 0 Å². The number of carbonyl (C=O) groups is 3. The minimum Gasteiger partial charge on any atom is -0.468 e. The molecule has 0 aromatic heterocycles. The predicted octanol–water partition coefficient (Wildman–Crippen LogP) is -0.277. The standard InChI is InChI=1S/C8H10F3NO5/c1-16-5(13)3-12(4-6(14)17-2)7(15)8(9,10)11/h3-4H2,1-2H3. The molecule has 6 nitrogen and oxygen atoms in total. The zero-order valence-electron chi connectivity index (χ0n) is 9.04.